The average molecular weight is 517 g/mol. The van der Waals surface area contributed by atoms with Crippen molar-refractivity contribution in [1.29, 1.82) is 5.39 Å². The Hall–Kier alpha value is -2.19. The Labute approximate surface area is 175 Å². The minimum Gasteiger partial charge on any atom is -0.475 e. The number of alkyl halides is 13. The molecule has 5 nitrogen and oxygen atoms in total. The third-order valence-corrected chi connectivity index (χ3v) is 4.83. The summed E-state index contributed by atoms with van der Waals surface area (Å²) in [4.78, 5) is 2.44. The van der Waals surface area contributed by atoms with E-state index in [4.69, 9.17) is 5.39 Å². The number of halogens is 13. The minimum absolute atomic E-state index is 0.150. The van der Waals surface area contributed by atoms with Crippen LogP contribution in [0.15, 0.2) is 11.6 Å². The first-order valence-corrected chi connectivity index (χ1v) is 8.63. The number of hydrogen-bond donors (Lipinski definition) is 2. The molecule has 0 unspecified atom stereocenters. The Balaban J connectivity index is 3.14. The molecule has 0 saturated heterocycles. The van der Waals surface area contributed by atoms with E-state index < -0.39 is 66.1 Å². The standard InChI is InChI=1S/C15H13F13N2O3/c16-10(17,5-6-33-8(31)7(30-29)9(32)3-1-2-4-9)11(18,19)12(20,21)13(22,23)14(24,25)15(26,27)28/h32H,1-6H2/p+1/b8-7+. The molecule has 1 aliphatic rings. The van der Waals surface area contributed by atoms with Crippen LogP contribution in [0, 0.1) is 5.39 Å². The second-order valence-electron chi connectivity index (χ2n) is 7.09. The first-order chi connectivity index (χ1) is 14.5. The molecule has 1 fully saturated rings. The van der Waals surface area contributed by atoms with Gasteiger partial charge in [-0.2, -0.15) is 57.1 Å². The monoisotopic (exact) mass is 517 g/mol. The van der Waals surface area contributed by atoms with Crippen LogP contribution in [0.2, 0.25) is 0 Å². The van der Waals surface area contributed by atoms with Crippen molar-refractivity contribution in [3.8, 4) is 0 Å². The molecule has 0 bridgehead atoms. The molecule has 18 heteroatoms. The van der Waals surface area contributed by atoms with Crippen molar-refractivity contribution >= 4 is 0 Å². The summed E-state index contributed by atoms with van der Waals surface area (Å²) >= 11 is 0. The fraction of sp³-hybridized carbons (Fsp3) is 0.867. The SMILES string of the molecule is N#[N+]/C(=C(\O)OCCC(F)(F)C(F)(F)C(F)(F)C(F)(F)C(F)(F)C(F)(F)F)C1(O)CCCC1. The van der Waals surface area contributed by atoms with E-state index in [2.05, 4.69) is 9.71 Å². The van der Waals surface area contributed by atoms with Gasteiger partial charge in [-0.15, -0.1) is 0 Å². The molecule has 0 aromatic rings. The molecule has 0 aromatic heterocycles. The quantitative estimate of drug-likeness (QED) is 0.223. The Bertz CT molecular complexity index is 796. The summed E-state index contributed by atoms with van der Waals surface area (Å²) in [6, 6.07) is 0. The summed E-state index contributed by atoms with van der Waals surface area (Å²) in [6.07, 6.45) is -9.89. The molecule has 2 N–H and O–H groups in total. The Morgan fingerprint density at radius 3 is 1.61 bits per heavy atom. The van der Waals surface area contributed by atoms with Crippen LogP contribution in [0.1, 0.15) is 32.1 Å². The summed E-state index contributed by atoms with van der Waals surface area (Å²) in [5, 5.41) is 28.4. The molecule has 1 aliphatic carbocycles. The van der Waals surface area contributed by atoms with Crippen LogP contribution in [-0.4, -0.2) is 58.2 Å². The van der Waals surface area contributed by atoms with Crippen molar-refractivity contribution < 1.29 is 72.0 Å². The molecule has 0 aliphatic heterocycles. The first-order valence-electron chi connectivity index (χ1n) is 8.63. The molecule has 33 heavy (non-hydrogen) atoms. The van der Waals surface area contributed by atoms with Gasteiger partial charge in [-0.1, -0.05) is 0 Å². The van der Waals surface area contributed by atoms with E-state index in [1.165, 1.54) is 0 Å². The molecule has 1 saturated carbocycles. The molecule has 0 radical (unpaired) electrons. The Kier molecular flexibility index (Phi) is 7.47. The average Bonchev–Trinajstić information content (AvgIpc) is 3.07. The predicted molar refractivity (Wildman–Crippen MR) is 79.5 cm³/mol. The number of aliphatic hydroxyl groups excluding tert-OH is 1. The molecular formula is C15H14F13N2O3+. The van der Waals surface area contributed by atoms with Gasteiger partial charge in [0.05, 0.1) is 13.0 Å². The molecule has 0 atom stereocenters. The van der Waals surface area contributed by atoms with Crippen molar-refractivity contribution in [2.75, 3.05) is 6.61 Å². The summed E-state index contributed by atoms with van der Waals surface area (Å²) < 4.78 is 173. The van der Waals surface area contributed by atoms with Crippen LogP contribution in [0.4, 0.5) is 57.1 Å². The third-order valence-electron chi connectivity index (χ3n) is 4.83. The summed E-state index contributed by atoms with van der Waals surface area (Å²) in [5.41, 5.74) is -3.12. The second kappa shape index (κ2) is 8.55. The van der Waals surface area contributed by atoms with Gasteiger partial charge >= 0.3 is 47.4 Å². The van der Waals surface area contributed by atoms with Crippen LogP contribution >= 0.6 is 0 Å². The van der Waals surface area contributed by atoms with Crippen molar-refractivity contribution in [3.63, 3.8) is 0 Å². The summed E-state index contributed by atoms with van der Waals surface area (Å²) in [5.74, 6) is -39.3. The van der Waals surface area contributed by atoms with Crippen LogP contribution in [0.25, 0.3) is 4.98 Å². The highest BCUT2D eigenvalue weighted by atomic mass is 19.4. The lowest BCUT2D eigenvalue weighted by Gasteiger charge is -2.39. The van der Waals surface area contributed by atoms with Crippen LogP contribution in [0.5, 0.6) is 0 Å². The van der Waals surface area contributed by atoms with Gasteiger partial charge in [0.25, 0.3) is 0 Å². The second-order valence-corrected chi connectivity index (χ2v) is 7.09. The highest BCUT2D eigenvalue weighted by Crippen LogP contribution is 2.60. The van der Waals surface area contributed by atoms with Crippen LogP contribution in [0.3, 0.4) is 0 Å². The number of diazo groups is 1. The Morgan fingerprint density at radius 2 is 1.21 bits per heavy atom. The molecule has 0 spiro atoms. The van der Waals surface area contributed by atoms with Crippen LogP contribution < -0.4 is 0 Å². The van der Waals surface area contributed by atoms with E-state index in [1.54, 1.807) is 0 Å². The number of rotatable bonds is 9. The number of ether oxygens (including phenoxy) is 1. The van der Waals surface area contributed by atoms with E-state index in [-0.39, 0.29) is 12.8 Å². The topological polar surface area (TPSA) is 77.8 Å². The van der Waals surface area contributed by atoms with Gasteiger partial charge in [-0.3, -0.25) is 0 Å². The first kappa shape index (κ1) is 28.8. The van der Waals surface area contributed by atoms with Gasteiger partial charge in [-0.05, 0) is 25.7 Å². The highest BCUT2D eigenvalue weighted by Gasteiger charge is 2.90. The maximum absolute atomic E-state index is 13.6. The van der Waals surface area contributed by atoms with Gasteiger partial charge in [-0.25, -0.2) is 0 Å². The van der Waals surface area contributed by atoms with E-state index in [0.29, 0.717) is 12.8 Å². The Morgan fingerprint density at radius 1 is 0.788 bits per heavy atom. The lowest BCUT2D eigenvalue weighted by molar-refractivity contribution is -0.440. The number of hydrogen-bond acceptors (Lipinski definition) is 4. The maximum Gasteiger partial charge on any atom is 0.471 e. The zero-order valence-electron chi connectivity index (χ0n) is 15.9. The molecule has 0 aromatic carbocycles. The molecule has 1 rings (SSSR count). The molecular weight excluding hydrogens is 503 g/mol. The highest BCUT2D eigenvalue weighted by molar-refractivity contribution is 5.24. The summed E-state index contributed by atoms with van der Waals surface area (Å²) in [6.45, 7) is -1.94. The van der Waals surface area contributed by atoms with Gasteiger partial charge in [0.15, 0.2) is 10.6 Å². The van der Waals surface area contributed by atoms with E-state index in [0.717, 1.165) is 0 Å². The largest absolute Gasteiger partial charge is 0.475 e. The van der Waals surface area contributed by atoms with E-state index in [1.807, 2.05) is 0 Å². The number of aliphatic hydroxyl groups is 2. The predicted octanol–water partition coefficient (Wildman–Crippen LogP) is 6.02. The lowest BCUT2D eigenvalue weighted by atomic mass is 9.93. The molecule has 0 heterocycles. The van der Waals surface area contributed by atoms with Gasteiger partial charge < -0.3 is 14.9 Å². The summed E-state index contributed by atoms with van der Waals surface area (Å²) in [7, 11) is 0. The smallest absolute Gasteiger partial charge is 0.471 e. The van der Waals surface area contributed by atoms with Crippen molar-refractivity contribution in [1.82, 2.24) is 0 Å². The van der Waals surface area contributed by atoms with Gasteiger partial charge in [0, 0.05) is 0 Å². The van der Waals surface area contributed by atoms with Gasteiger partial charge in [0.1, 0.15) is 0 Å². The fourth-order valence-electron chi connectivity index (χ4n) is 2.83. The maximum atomic E-state index is 13.6. The van der Waals surface area contributed by atoms with E-state index >= 15 is 0 Å². The fourth-order valence-corrected chi connectivity index (χ4v) is 2.83. The molecule has 192 valence electrons. The number of nitrogens with zero attached hydrogens (tertiary/aromatic N) is 2. The zero-order chi connectivity index (χ0) is 26.3. The van der Waals surface area contributed by atoms with Crippen molar-refractivity contribution in [2.24, 2.45) is 0 Å². The van der Waals surface area contributed by atoms with E-state index in [9.17, 15) is 67.3 Å². The van der Waals surface area contributed by atoms with Crippen molar-refractivity contribution in [3.05, 3.63) is 16.6 Å². The van der Waals surface area contributed by atoms with Crippen LogP contribution in [-0.2, 0) is 4.74 Å². The lowest BCUT2D eigenvalue weighted by Crippen LogP contribution is -2.70. The van der Waals surface area contributed by atoms with Gasteiger partial charge in [0.2, 0.25) is 5.39 Å². The normalized spacial score (nSPS) is 19.2. The third kappa shape index (κ3) is 4.60. The van der Waals surface area contributed by atoms with Crippen molar-refractivity contribution in [2.45, 2.75) is 73.5 Å². The minimum atomic E-state index is -8.01. The zero-order valence-corrected chi connectivity index (χ0v) is 15.9. The molecule has 0 amide bonds.